The number of anilines is 1. The second-order valence-corrected chi connectivity index (χ2v) is 7.78. The molecule has 2 bridgehead atoms. The number of carbonyl (C=O) groups excluding carboxylic acids is 2. The standard InChI is InChI=1S/C17H14INO2/c18-12-3-1-2-4-13(12)19-16(20)14-8-5-6-9(11-7-10(8)11)15(14)17(19)21/h1-6,8-11,14-15H,7H2/t8-,9-,10-,11+,14+,15+/m0/s1. The molecule has 1 aliphatic heterocycles. The number of allylic oxidation sites excluding steroid dienone is 2. The molecule has 3 nitrogen and oxygen atoms in total. The number of hydrogen-bond donors (Lipinski definition) is 0. The summed E-state index contributed by atoms with van der Waals surface area (Å²) in [7, 11) is 0. The van der Waals surface area contributed by atoms with Crippen LogP contribution in [0.15, 0.2) is 36.4 Å². The fourth-order valence-corrected chi connectivity index (χ4v) is 5.46. The van der Waals surface area contributed by atoms with Gasteiger partial charge in [-0.1, -0.05) is 24.3 Å². The Morgan fingerprint density at radius 1 is 0.952 bits per heavy atom. The van der Waals surface area contributed by atoms with Gasteiger partial charge in [-0.05, 0) is 64.8 Å². The Labute approximate surface area is 136 Å². The van der Waals surface area contributed by atoms with Gasteiger partial charge in [-0.25, -0.2) is 4.90 Å². The van der Waals surface area contributed by atoms with Crippen molar-refractivity contribution in [3.05, 3.63) is 40.0 Å². The molecule has 2 amide bonds. The minimum absolute atomic E-state index is 0.0267. The molecule has 0 aromatic heterocycles. The van der Waals surface area contributed by atoms with Crippen molar-refractivity contribution in [1.82, 2.24) is 0 Å². The van der Waals surface area contributed by atoms with Crippen LogP contribution in [0.25, 0.3) is 0 Å². The maximum Gasteiger partial charge on any atom is 0.238 e. The summed E-state index contributed by atoms with van der Waals surface area (Å²) in [5, 5.41) is 0. The highest BCUT2D eigenvalue weighted by atomic mass is 127. The molecule has 4 aliphatic carbocycles. The zero-order valence-electron chi connectivity index (χ0n) is 11.3. The van der Waals surface area contributed by atoms with E-state index in [1.165, 1.54) is 11.3 Å². The van der Waals surface area contributed by atoms with E-state index in [1.807, 2.05) is 24.3 Å². The van der Waals surface area contributed by atoms with Crippen molar-refractivity contribution < 1.29 is 9.59 Å². The summed E-state index contributed by atoms with van der Waals surface area (Å²) >= 11 is 2.20. The highest BCUT2D eigenvalue weighted by Crippen LogP contribution is 2.65. The number of rotatable bonds is 1. The zero-order valence-corrected chi connectivity index (χ0v) is 13.4. The first-order chi connectivity index (χ1) is 10.2. The number of para-hydroxylation sites is 1. The molecule has 3 fully saturated rings. The van der Waals surface area contributed by atoms with Crippen LogP contribution in [0.1, 0.15) is 6.42 Å². The normalized spacial score (nSPS) is 42.2. The van der Waals surface area contributed by atoms with E-state index in [0.29, 0.717) is 23.7 Å². The van der Waals surface area contributed by atoms with E-state index in [9.17, 15) is 9.59 Å². The van der Waals surface area contributed by atoms with Crippen LogP contribution in [-0.2, 0) is 9.59 Å². The van der Waals surface area contributed by atoms with Gasteiger partial charge in [0.1, 0.15) is 0 Å². The van der Waals surface area contributed by atoms with Crippen molar-refractivity contribution >= 4 is 40.1 Å². The summed E-state index contributed by atoms with van der Waals surface area (Å²) in [5.74, 6) is 1.76. The highest BCUT2D eigenvalue weighted by molar-refractivity contribution is 14.1. The molecular formula is C17H14INO2. The predicted octanol–water partition coefficient (Wildman–Crippen LogP) is 2.85. The molecule has 6 atom stereocenters. The lowest BCUT2D eigenvalue weighted by atomic mass is 9.63. The van der Waals surface area contributed by atoms with Gasteiger partial charge in [-0.3, -0.25) is 9.59 Å². The average Bonchev–Trinajstić information content (AvgIpc) is 3.26. The molecule has 106 valence electrons. The van der Waals surface area contributed by atoms with Crippen LogP contribution < -0.4 is 4.90 Å². The number of hydrogen-bond acceptors (Lipinski definition) is 2. The Bertz CT molecular complexity index is 676. The first-order valence-electron chi connectivity index (χ1n) is 7.49. The molecule has 0 N–H and O–H groups in total. The van der Waals surface area contributed by atoms with Gasteiger partial charge in [0.25, 0.3) is 0 Å². The summed E-state index contributed by atoms with van der Waals surface area (Å²) < 4.78 is 0.959. The maximum absolute atomic E-state index is 12.9. The Hall–Kier alpha value is -1.17. The van der Waals surface area contributed by atoms with Crippen LogP contribution in [0, 0.1) is 39.1 Å². The number of amides is 2. The first kappa shape index (κ1) is 12.4. The van der Waals surface area contributed by atoms with Crippen molar-refractivity contribution in [2.24, 2.45) is 35.5 Å². The van der Waals surface area contributed by atoms with Gasteiger partial charge in [0.05, 0.1) is 17.5 Å². The Kier molecular flexibility index (Phi) is 2.34. The number of benzene rings is 1. The van der Waals surface area contributed by atoms with E-state index in [-0.39, 0.29) is 23.7 Å². The molecule has 5 aliphatic rings. The van der Waals surface area contributed by atoms with Gasteiger partial charge in [0.2, 0.25) is 11.8 Å². The van der Waals surface area contributed by atoms with Crippen LogP contribution in [0.2, 0.25) is 0 Å². The van der Waals surface area contributed by atoms with Gasteiger partial charge >= 0.3 is 0 Å². The van der Waals surface area contributed by atoms with Crippen LogP contribution in [-0.4, -0.2) is 11.8 Å². The molecule has 4 heteroatoms. The molecule has 1 saturated heterocycles. The molecule has 0 unspecified atom stereocenters. The van der Waals surface area contributed by atoms with Crippen LogP contribution in [0.5, 0.6) is 0 Å². The van der Waals surface area contributed by atoms with Crippen molar-refractivity contribution in [1.29, 1.82) is 0 Å². The van der Waals surface area contributed by atoms with Gasteiger partial charge in [-0.15, -0.1) is 0 Å². The molecule has 0 radical (unpaired) electrons. The summed E-state index contributed by atoms with van der Waals surface area (Å²) in [6.07, 6.45) is 5.63. The van der Waals surface area contributed by atoms with Gasteiger partial charge in [-0.2, -0.15) is 0 Å². The number of imide groups is 1. The molecule has 1 aromatic carbocycles. The summed E-state index contributed by atoms with van der Waals surface area (Å²) in [6.45, 7) is 0. The van der Waals surface area contributed by atoms with E-state index < -0.39 is 0 Å². The number of halogens is 1. The lowest BCUT2D eigenvalue weighted by Gasteiger charge is -2.37. The van der Waals surface area contributed by atoms with Crippen molar-refractivity contribution in [3.8, 4) is 0 Å². The van der Waals surface area contributed by atoms with Crippen LogP contribution in [0.4, 0.5) is 5.69 Å². The highest BCUT2D eigenvalue weighted by Gasteiger charge is 2.67. The smallest absolute Gasteiger partial charge is 0.238 e. The predicted molar refractivity (Wildman–Crippen MR) is 86.3 cm³/mol. The number of carbonyl (C=O) groups is 2. The first-order valence-corrected chi connectivity index (χ1v) is 8.57. The average molecular weight is 391 g/mol. The van der Waals surface area contributed by atoms with Crippen molar-refractivity contribution in [3.63, 3.8) is 0 Å². The Morgan fingerprint density at radius 2 is 1.52 bits per heavy atom. The monoisotopic (exact) mass is 391 g/mol. The summed E-state index contributed by atoms with van der Waals surface area (Å²) in [4.78, 5) is 27.3. The van der Waals surface area contributed by atoms with E-state index in [1.54, 1.807) is 0 Å². The third kappa shape index (κ3) is 1.44. The molecule has 2 saturated carbocycles. The van der Waals surface area contributed by atoms with Crippen molar-refractivity contribution in [2.45, 2.75) is 6.42 Å². The van der Waals surface area contributed by atoms with Crippen LogP contribution in [0.3, 0.4) is 0 Å². The minimum Gasteiger partial charge on any atom is -0.274 e. The number of nitrogens with zero attached hydrogens (tertiary/aromatic N) is 1. The lowest BCUT2D eigenvalue weighted by Crippen LogP contribution is -2.40. The molecule has 21 heavy (non-hydrogen) atoms. The van der Waals surface area contributed by atoms with E-state index in [4.69, 9.17) is 0 Å². The summed E-state index contributed by atoms with van der Waals surface area (Å²) in [5.41, 5.74) is 0.760. The van der Waals surface area contributed by atoms with Gasteiger partial charge < -0.3 is 0 Å². The molecule has 0 spiro atoms. The fourth-order valence-electron chi connectivity index (χ4n) is 4.83. The third-order valence-electron chi connectivity index (χ3n) is 5.76. The van der Waals surface area contributed by atoms with Crippen molar-refractivity contribution in [2.75, 3.05) is 4.90 Å². The lowest BCUT2D eigenvalue weighted by molar-refractivity contribution is -0.124. The molecular weight excluding hydrogens is 377 g/mol. The SMILES string of the molecule is O=C1[C@@H]2[C@H]3C=C[C@@H]([C@@H]4C[C@H]34)[C@H]2C(=O)N1c1ccccc1I. The minimum atomic E-state index is -0.104. The zero-order chi connectivity index (χ0) is 14.3. The maximum atomic E-state index is 12.9. The molecule has 6 rings (SSSR count). The van der Waals surface area contributed by atoms with E-state index >= 15 is 0 Å². The third-order valence-corrected chi connectivity index (χ3v) is 6.67. The molecule has 1 heterocycles. The largest absolute Gasteiger partial charge is 0.274 e. The van der Waals surface area contributed by atoms with Gasteiger partial charge in [0.15, 0.2) is 0 Å². The topological polar surface area (TPSA) is 37.4 Å². The fraction of sp³-hybridized carbons (Fsp3) is 0.412. The Balaban J connectivity index is 1.62. The van der Waals surface area contributed by atoms with E-state index in [0.717, 1.165) is 9.26 Å². The molecule has 1 aromatic rings. The quantitative estimate of drug-likeness (QED) is 0.420. The van der Waals surface area contributed by atoms with E-state index in [2.05, 4.69) is 34.7 Å². The second kappa shape index (κ2) is 3.97. The van der Waals surface area contributed by atoms with Gasteiger partial charge in [0, 0.05) is 3.57 Å². The Morgan fingerprint density at radius 3 is 2.10 bits per heavy atom. The van der Waals surface area contributed by atoms with Crippen LogP contribution >= 0.6 is 22.6 Å². The summed E-state index contributed by atoms with van der Waals surface area (Å²) in [6, 6.07) is 7.65. The second-order valence-electron chi connectivity index (χ2n) is 6.62.